The number of rotatable bonds is 7. The number of hydrogen-bond donors (Lipinski definition) is 3. The van der Waals surface area contributed by atoms with Crippen molar-refractivity contribution in [3.63, 3.8) is 0 Å². The first-order valence-corrected chi connectivity index (χ1v) is 9.97. The molecule has 1 fully saturated rings. The van der Waals surface area contributed by atoms with Crippen LogP contribution in [0.4, 0.5) is 0 Å². The molecule has 144 valence electrons. The third-order valence-corrected chi connectivity index (χ3v) is 5.24. The first kappa shape index (κ1) is 20.3. The van der Waals surface area contributed by atoms with Gasteiger partial charge in [-0.3, -0.25) is 9.79 Å². The summed E-state index contributed by atoms with van der Waals surface area (Å²) in [6.45, 7) is 7.01. The Morgan fingerprint density at radius 1 is 1.23 bits per heavy atom. The van der Waals surface area contributed by atoms with Crippen LogP contribution >= 0.6 is 0 Å². The summed E-state index contributed by atoms with van der Waals surface area (Å²) in [5, 5.41) is 9.43. The molecule has 1 aromatic rings. The fourth-order valence-electron chi connectivity index (χ4n) is 3.55. The van der Waals surface area contributed by atoms with Gasteiger partial charge >= 0.3 is 0 Å². The Balaban J connectivity index is 1.86. The van der Waals surface area contributed by atoms with E-state index >= 15 is 0 Å². The second kappa shape index (κ2) is 10.8. The molecule has 1 amide bonds. The number of carbonyl (C=O) groups excluding carboxylic acids is 1. The number of hydrogen-bond acceptors (Lipinski definition) is 2. The van der Waals surface area contributed by atoms with E-state index < -0.39 is 0 Å². The van der Waals surface area contributed by atoms with Gasteiger partial charge < -0.3 is 16.0 Å². The van der Waals surface area contributed by atoms with Gasteiger partial charge in [-0.25, -0.2) is 0 Å². The number of nitrogens with one attached hydrogen (secondary N) is 3. The largest absolute Gasteiger partial charge is 0.357 e. The molecule has 0 bridgehead atoms. The van der Waals surface area contributed by atoms with Crippen LogP contribution in [0.3, 0.4) is 0 Å². The molecule has 0 radical (unpaired) electrons. The number of carbonyl (C=O) groups is 1. The quantitative estimate of drug-likeness (QED) is 0.519. The van der Waals surface area contributed by atoms with Gasteiger partial charge in [0.15, 0.2) is 5.96 Å². The minimum absolute atomic E-state index is 0.0451. The second-order valence-corrected chi connectivity index (χ2v) is 7.20. The van der Waals surface area contributed by atoms with Crippen molar-refractivity contribution in [3.8, 4) is 0 Å². The summed E-state index contributed by atoms with van der Waals surface area (Å²) in [4.78, 5) is 16.5. The van der Waals surface area contributed by atoms with Crippen LogP contribution in [0.5, 0.6) is 0 Å². The Morgan fingerprint density at radius 2 is 2.04 bits per heavy atom. The molecule has 0 aliphatic heterocycles. The lowest BCUT2D eigenvalue weighted by atomic mass is 9.80. The van der Waals surface area contributed by atoms with Gasteiger partial charge in [-0.2, -0.15) is 0 Å². The third kappa shape index (κ3) is 6.36. The smallest absolute Gasteiger partial charge is 0.251 e. The molecule has 0 spiro atoms. The monoisotopic (exact) mass is 358 g/mol. The van der Waals surface area contributed by atoms with E-state index in [0.717, 1.165) is 43.5 Å². The van der Waals surface area contributed by atoms with E-state index in [1.807, 2.05) is 18.2 Å². The Hall–Kier alpha value is -2.04. The molecule has 1 saturated carbocycles. The SMILES string of the molecule is CCNC(=NCC1CCCCC1C)NCCc1cccc(C(=O)NC)c1. The van der Waals surface area contributed by atoms with Crippen LogP contribution in [-0.2, 0) is 6.42 Å². The summed E-state index contributed by atoms with van der Waals surface area (Å²) < 4.78 is 0. The fourth-order valence-corrected chi connectivity index (χ4v) is 3.55. The second-order valence-electron chi connectivity index (χ2n) is 7.20. The zero-order chi connectivity index (χ0) is 18.8. The third-order valence-electron chi connectivity index (χ3n) is 5.24. The highest BCUT2D eigenvalue weighted by atomic mass is 16.1. The van der Waals surface area contributed by atoms with Gasteiger partial charge in [0.1, 0.15) is 0 Å². The Bertz CT molecular complexity index is 599. The van der Waals surface area contributed by atoms with Gasteiger partial charge in [0.25, 0.3) is 5.91 Å². The van der Waals surface area contributed by atoms with E-state index in [2.05, 4.69) is 35.9 Å². The molecule has 1 aromatic carbocycles. The van der Waals surface area contributed by atoms with Gasteiger partial charge in [0, 0.05) is 32.2 Å². The van der Waals surface area contributed by atoms with Crippen molar-refractivity contribution in [1.29, 1.82) is 0 Å². The molecule has 2 atom stereocenters. The van der Waals surface area contributed by atoms with Crippen LogP contribution in [0.25, 0.3) is 0 Å². The van der Waals surface area contributed by atoms with Crippen molar-refractivity contribution in [2.45, 2.75) is 46.0 Å². The highest BCUT2D eigenvalue weighted by Crippen LogP contribution is 2.29. The van der Waals surface area contributed by atoms with Crippen LogP contribution in [-0.4, -0.2) is 38.5 Å². The van der Waals surface area contributed by atoms with E-state index in [9.17, 15) is 4.79 Å². The summed E-state index contributed by atoms with van der Waals surface area (Å²) in [5.41, 5.74) is 1.85. The lowest BCUT2D eigenvalue weighted by Crippen LogP contribution is -2.39. The summed E-state index contributed by atoms with van der Waals surface area (Å²) in [5.74, 6) is 2.34. The Labute approximate surface area is 158 Å². The molecule has 2 unspecified atom stereocenters. The van der Waals surface area contributed by atoms with Gasteiger partial charge in [-0.15, -0.1) is 0 Å². The number of nitrogens with zero attached hydrogens (tertiary/aromatic N) is 1. The van der Waals surface area contributed by atoms with Crippen molar-refractivity contribution < 1.29 is 4.79 Å². The van der Waals surface area contributed by atoms with Crippen LogP contribution in [0.1, 0.15) is 55.5 Å². The molecule has 1 aliphatic carbocycles. The van der Waals surface area contributed by atoms with E-state index in [4.69, 9.17) is 4.99 Å². The van der Waals surface area contributed by atoms with E-state index in [1.54, 1.807) is 7.05 Å². The predicted molar refractivity (Wildman–Crippen MR) is 109 cm³/mol. The summed E-state index contributed by atoms with van der Waals surface area (Å²) in [7, 11) is 1.66. The van der Waals surface area contributed by atoms with Crippen LogP contribution in [0, 0.1) is 11.8 Å². The zero-order valence-corrected chi connectivity index (χ0v) is 16.5. The van der Waals surface area contributed by atoms with Gasteiger partial charge in [-0.1, -0.05) is 38.3 Å². The molecular weight excluding hydrogens is 324 g/mol. The highest BCUT2D eigenvalue weighted by Gasteiger charge is 2.20. The maximum Gasteiger partial charge on any atom is 0.251 e. The van der Waals surface area contributed by atoms with Gasteiger partial charge in [0.05, 0.1) is 0 Å². The molecule has 26 heavy (non-hydrogen) atoms. The molecule has 5 heteroatoms. The van der Waals surface area contributed by atoms with E-state index in [1.165, 1.54) is 25.7 Å². The summed E-state index contributed by atoms with van der Waals surface area (Å²) >= 11 is 0. The molecule has 0 heterocycles. The zero-order valence-electron chi connectivity index (χ0n) is 16.5. The number of benzene rings is 1. The predicted octanol–water partition coefficient (Wildman–Crippen LogP) is 2.97. The number of aliphatic imine (C=N–C) groups is 1. The number of amides is 1. The Morgan fingerprint density at radius 3 is 2.77 bits per heavy atom. The van der Waals surface area contributed by atoms with Crippen molar-refractivity contribution in [2.75, 3.05) is 26.7 Å². The fraction of sp³-hybridized carbons (Fsp3) is 0.619. The van der Waals surface area contributed by atoms with Crippen LogP contribution < -0.4 is 16.0 Å². The molecule has 0 aromatic heterocycles. The molecular formula is C21H34N4O. The first-order chi connectivity index (χ1) is 12.6. The molecule has 1 aliphatic rings. The van der Waals surface area contributed by atoms with Gasteiger partial charge in [-0.05, 0) is 49.3 Å². The van der Waals surface area contributed by atoms with Gasteiger partial charge in [0.2, 0.25) is 0 Å². The minimum Gasteiger partial charge on any atom is -0.357 e. The van der Waals surface area contributed by atoms with Crippen molar-refractivity contribution in [2.24, 2.45) is 16.8 Å². The average molecular weight is 359 g/mol. The van der Waals surface area contributed by atoms with Crippen LogP contribution in [0.15, 0.2) is 29.3 Å². The lowest BCUT2D eigenvalue weighted by molar-refractivity contribution is 0.0963. The average Bonchev–Trinajstić information content (AvgIpc) is 2.66. The van der Waals surface area contributed by atoms with E-state index in [-0.39, 0.29) is 5.91 Å². The maximum atomic E-state index is 11.7. The van der Waals surface area contributed by atoms with Crippen molar-refractivity contribution >= 4 is 11.9 Å². The summed E-state index contributed by atoms with van der Waals surface area (Å²) in [6.07, 6.45) is 6.21. The molecule has 5 nitrogen and oxygen atoms in total. The first-order valence-electron chi connectivity index (χ1n) is 9.97. The molecule has 3 N–H and O–H groups in total. The molecule has 0 saturated heterocycles. The standard InChI is InChI=1S/C21H34N4O/c1-4-23-21(25-15-19-10-6-5-8-16(19)2)24-13-12-17-9-7-11-18(14-17)20(26)22-3/h7,9,11,14,16,19H,4-6,8,10,12-13,15H2,1-3H3,(H,22,26)(H2,23,24,25). The lowest BCUT2D eigenvalue weighted by Gasteiger charge is -2.27. The minimum atomic E-state index is -0.0451. The normalized spacial score (nSPS) is 20.5. The van der Waals surface area contributed by atoms with Crippen molar-refractivity contribution in [3.05, 3.63) is 35.4 Å². The topological polar surface area (TPSA) is 65.5 Å². The van der Waals surface area contributed by atoms with Crippen molar-refractivity contribution in [1.82, 2.24) is 16.0 Å². The molecule has 2 rings (SSSR count). The van der Waals surface area contributed by atoms with E-state index in [0.29, 0.717) is 11.5 Å². The highest BCUT2D eigenvalue weighted by molar-refractivity contribution is 5.94. The Kier molecular flexibility index (Phi) is 8.45. The van der Waals surface area contributed by atoms with Crippen LogP contribution in [0.2, 0.25) is 0 Å². The number of guanidine groups is 1. The maximum absolute atomic E-state index is 11.7. The summed E-state index contributed by atoms with van der Waals surface area (Å²) in [6, 6.07) is 7.78.